The molecular weight excluding hydrogens is 352 g/mol. The Balaban J connectivity index is 1.99. The summed E-state index contributed by atoms with van der Waals surface area (Å²) in [6.07, 6.45) is 8.87. The predicted octanol–water partition coefficient (Wildman–Crippen LogP) is 2.78. The summed E-state index contributed by atoms with van der Waals surface area (Å²) in [5.41, 5.74) is 1.30. The van der Waals surface area contributed by atoms with Gasteiger partial charge in [-0.15, -0.1) is 4.68 Å². The molecule has 2 aliphatic rings. The van der Waals surface area contributed by atoms with Gasteiger partial charge in [0.25, 0.3) is 0 Å². The number of hydrogen-bond donors (Lipinski definition) is 2. The van der Waals surface area contributed by atoms with Gasteiger partial charge in [-0.1, -0.05) is 0 Å². The zero-order chi connectivity index (χ0) is 19.3. The zero-order valence-electron chi connectivity index (χ0n) is 16.6. The van der Waals surface area contributed by atoms with Crippen molar-refractivity contribution in [2.75, 3.05) is 30.7 Å². The van der Waals surface area contributed by atoms with E-state index in [-0.39, 0.29) is 22.8 Å². The molecular formula is C18H30N4O3S. The van der Waals surface area contributed by atoms with E-state index in [4.69, 9.17) is 4.74 Å². The van der Waals surface area contributed by atoms with E-state index in [2.05, 4.69) is 34.5 Å². The van der Waals surface area contributed by atoms with Gasteiger partial charge in [0.1, 0.15) is 5.82 Å². The maximum Gasteiger partial charge on any atom is 0.436 e. The number of aromatic nitrogens is 2. The Morgan fingerprint density at radius 3 is 2.46 bits per heavy atom. The Kier molecular flexibility index (Phi) is 4.63. The molecule has 26 heavy (non-hydrogen) atoms. The van der Waals surface area contributed by atoms with Crippen LogP contribution in [0.1, 0.15) is 51.3 Å². The monoisotopic (exact) mass is 382 g/mol. The van der Waals surface area contributed by atoms with Gasteiger partial charge in [-0.25, -0.2) is 14.8 Å². The van der Waals surface area contributed by atoms with E-state index in [1.807, 2.05) is 13.8 Å². The average Bonchev–Trinajstić information content (AvgIpc) is 2.95. The second kappa shape index (κ2) is 6.27. The molecule has 0 unspecified atom stereocenters. The van der Waals surface area contributed by atoms with Gasteiger partial charge in [0.15, 0.2) is 0 Å². The summed E-state index contributed by atoms with van der Waals surface area (Å²) >= 11 is 0. The van der Waals surface area contributed by atoms with Crippen LogP contribution in [-0.4, -0.2) is 51.9 Å². The van der Waals surface area contributed by atoms with E-state index in [1.54, 1.807) is 6.92 Å². The molecule has 8 heteroatoms. The summed E-state index contributed by atoms with van der Waals surface area (Å²) in [5, 5.41) is 10.9. The highest BCUT2D eigenvalue weighted by molar-refractivity contribution is 8.33. The molecule has 0 spiro atoms. The van der Waals surface area contributed by atoms with Gasteiger partial charge in [0, 0.05) is 12.1 Å². The Bertz CT molecular complexity index is 744. The first-order valence-corrected chi connectivity index (χ1v) is 11.9. The number of ether oxygens (including phenoxy) is 1. The number of carbonyl (C=O) groups is 2. The summed E-state index contributed by atoms with van der Waals surface area (Å²) in [5.74, 6) is 0.459. The minimum absolute atomic E-state index is 0.00389. The first-order valence-electron chi connectivity index (χ1n) is 9.07. The van der Waals surface area contributed by atoms with E-state index in [9.17, 15) is 9.59 Å². The molecule has 0 saturated heterocycles. The van der Waals surface area contributed by atoms with E-state index in [0.717, 1.165) is 30.5 Å². The highest BCUT2D eigenvalue weighted by atomic mass is 32.3. The highest BCUT2D eigenvalue weighted by Gasteiger charge is 2.51. The molecule has 1 aromatic heterocycles. The average molecular weight is 383 g/mol. The Morgan fingerprint density at radius 1 is 1.31 bits per heavy atom. The molecule has 7 nitrogen and oxygen atoms in total. The topological polar surface area (TPSA) is 85.2 Å². The smallest absolute Gasteiger partial charge is 0.436 e. The third-order valence-electron chi connectivity index (χ3n) is 5.70. The van der Waals surface area contributed by atoms with Gasteiger partial charge in [0.05, 0.1) is 22.6 Å². The lowest BCUT2D eigenvalue weighted by Gasteiger charge is -2.53. The van der Waals surface area contributed by atoms with Crippen molar-refractivity contribution in [2.45, 2.75) is 56.9 Å². The normalized spacial score (nSPS) is 20.8. The molecule has 1 aliphatic carbocycles. The van der Waals surface area contributed by atoms with Gasteiger partial charge in [-0.05, 0) is 58.8 Å². The molecule has 146 valence electrons. The molecule has 2 heterocycles. The molecule has 0 aromatic carbocycles. The van der Waals surface area contributed by atoms with Crippen molar-refractivity contribution < 1.29 is 14.3 Å². The molecule has 2 N–H and O–H groups in total. The maximum atomic E-state index is 13.3. The van der Waals surface area contributed by atoms with Gasteiger partial charge in [-0.2, -0.15) is 5.10 Å². The minimum Gasteiger partial charge on any atom is -0.448 e. The van der Waals surface area contributed by atoms with Gasteiger partial charge in [0.2, 0.25) is 5.91 Å². The van der Waals surface area contributed by atoms with Crippen molar-refractivity contribution in [1.29, 1.82) is 0 Å². The number of amides is 1. The number of fused-ring (bicyclic) bond motifs is 1. The minimum atomic E-state index is -1.08. The van der Waals surface area contributed by atoms with Crippen molar-refractivity contribution in [1.82, 2.24) is 15.1 Å². The lowest BCUT2D eigenvalue weighted by Crippen LogP contribution is -2.52. The van der Waals surface area contributed by atoms with Crippen LogP contribution in [-0.2, 0) is 21.6 Å². The molecule has 1 aromatic rings. The molecule has 0 radical (unpaired) electrons. The van der Waals surface area contributed by atoms with Crippen molar-refractivity contribution in [3.63, 3.8) is 0 Å². The maximum absolute atomic E-state index is 13.3. The van der Waals surface area contributed by atoms with Crippen molar-refractivity contribution >= 4 is 27.8 Å². The van der Waals surface area contributed by atoms with Crippen molar-refractivity contribution in [3.8, 4) is 0 Å². The third kappa shape index (κ3) is 2.83. The van der Waals surface area contributed by atoms with E-state index < -0.39 is 16.1 Å². The number of rotatable bonds is 4. The molecule has 1 saturated carbocycles. The summed E-state index contributed by atoms with van der Waals surface area (Å²) in [6, 6.07) is 0. The first-order chi connectivity index (χ1) is 12.0. The van der Waals surface area contributed by atoms with Crippen LogP contribution in [0.3, 0.4) is 0 Å². The molecule has 0 bridgehead atoms. The second-order valence-corrected chi connectivity index (χ2v) is 12.9. The van der Waals surface area contributed by atoms with Crippen LogP contribution in [0.25, 0.3) is 0 Å². The second-order valence-electron chi connectivity index (χ2n) is 8.40. The first kappa shape index (κ1) is 19.2. The Labute approximate surface area is 156 Å². The van der Waals surface area contributed by atoms with Crippen molar-refractivity contribution in [2.24, 2.45) is 0 Å². The zero-order valence-corrected chi connectivity index (χ0v) is 17.4. The summed E-state index contributed by atoms with van der Waals surface area (Å²) < 4.78 is 6.04. The number of nitrogens with one attached hydrogen (secondary N) is 2. The fourth-order valence-electron chi connectivity index (χ4n) is 3.80. The van der Waals surface area contributed by atoms with Crippen LogP contribution in [0.15, 0.2) is 0 Å². The van der Waals surface area contributed by atoms with E-state index in [0.29, 0.717) is 12.4 Å². The van der Waals surface area contributed by atoms with Crippen LogP contribution >= 0.6 is 10.0 Å². The molecule has 1 fully saturated rings. The fourth-order valence-corrected chi connectivity index (χ4v) is 5.92. The van der Waals surface area contributed by atoms with Crippen LogP contribution in [0.4, 0.5) is 10.6 Å². The molecule has 0 atom stereocenters. The summed E-state index contributed by atoms with van der Waals surface area (Å²) in [6.45, 7) is 6.60. The fraction of sp³-hybridized carbons (Fsp3) is 0.722. The molecule has 3 rings (SSSR count). The van der Waals surface area contributed by atoms with Gasteiger partial charge >= 0.3 is 6.09 Å². The van der Waals surface area contributed by atoms with Crippen LogP contribution < -0.4 is 10.6 Å². The lowest BCUT2D eigenvalue weighted by molar-refractivity contribution is -0.120. The predicted molar refractivity (Wildman–Crippen MR) is 105 cm³/mol. The van der Waals surface area contributed by atoms with Crippen LogP contribution in [0.2, 0.25) is 0 Å². The van der Waals surface area contributed by atoms with E-state index >= 15 is 0 Å². The SMILES string of the molecule is CCOC(=O)n1nc2c(c1NC(=O)C1(S(C)(C)C)CCC1)CNC2(C)C. The summed E-state index contributed by atoms with van der Waals surface area (Å²) in [4.78, 5) is 25.7. The number of carbonyl (C=O) groups excluding carboxylic acids is 2. The quantitative estimate of drug-likeness (QED) is 0.836. The number of hydrogen-bond acceptors (Lipinski definition) is 5. The largest absolute Gasteiger partial charge is 0.448 e. The number of nitrogens with zero attached hydrogens (tertiary/aromatic N) is 2. The molecule has 1 amide bonds. The highest BCUT2D eigenvalue weighted by Crippen LogP contribution is 2.60. The van der Waals surface area contributed by atoms with Crippen LogP contribution in [0.5, 0.6) is 0 Å². The Hall–Kier alpha value is -1.54. The van der Waals surface area contributed by atoms with E-state index in [1.165, 1.54) is 4.68 Å². The van der Waals surface area contributed by atoms with Gasteiger partial charge in [-0.3, -0.25) is 4.79 Å². The standard InChI is InChI=1S/C18H30N4O3S/c1-7-25-16(24)22-14(12-11-19-17(2,3)13(12)21-22)20-15(23)18(9-8-10-18)26(4,5)6/h19H,7-11H2,1-6H3,(H,20,23). The number of anilines is 1. The summed E-state index contributed by atoms with van der Waals surface area (Å²) in [7, 11) is -1.08. The molecule has 1 aliphatic heterocycles. The Morgan fingerprint density at radius 2 is 1.96 bits per heavy atom. The van der Waals surface area contributed by atoms with Crippen LogP contribution in [0, 0.1) is 0 Å². The third-order valence-corrected chi connectivity index (χ3v) is 8.64. The van der Waals surface area contributed by atoms with Crippen molar-refractivity contribution in [3.05, 3.63) is 11.3 Å². The van der Waals surface area contributed by atoms with Gasteiger partial charge < -0.3 is 15.4 Å². The lowest BCUT2D eigenvalue weighted by atomic mass is 9.83.